The highest BCUT2D eigenvalue weighted by molar-refractivity contribution is 5.56. The highest BCUT2D eigenvalue weighted by atomic mass is 15.0. The minimum absolute atomic E-state index is 0.958. The van der Waals surface area contributed by atoms with Crippen LogP contribution in [-0.2, 0) is 0 Å². The minimum Gasteiger partial charge on any atom is -0.375 e. The van der Waals surface area contributed by atoms with Crippen LogP contribution in [0.4, 0.5) is 0 Å². The predicted octanol–water partition coefficient (Wildman–Crippen LogP) is 3.15. The van der Waals surface area contributed by atoms with E-state index in [0.29, 0.717) is 0 Å². The molecule has 0 spiro atoms. The Labute approximate surface area is 88.5 Å². The first-order chi connectivity index (χ1) is 6.91. The van der Waals surface area contributed by atoms with Crippen LogP contribution in [0, 0.1) is 0 Å². The van der Waals surface area contributed by atoms with E-state index in [1.54, 1.807) is 6.34 Å². The fourth-order valence-corrected chi connectivity index (χ4v) is 1.21. The molecule has 0 amide bonds. The first-order valence-electron chi connectivity index (χ1n) is 5.74. The summed E-state index contributed by atoms with van der Waals surface area (Å²) in [7, 11) is 0. The summed E-state index contributed by atoms with van der Waals surface area (Å²) in [6, 6.07) is 0. The third kappa shape index (κ3) is 11.2. The predicted molar refractivity (Wildman–Crippen MR) is 64.9 cm³/mol. The summed E-state index contributed by atoms with van der Waals surface area (Å²) in [4.78, 5) is 3.85. The first-order valence-corrected chi connectivity index (χ1v) is 5.74. The second-order valence-corrected chi connectivity index (χ2v) is 3.48. The monoisotopic (exact) mass is 196 g/mol. The van der Waals surface area contributed by atoms with Crippen molar-refractivity contribution >= 4 is 6.34 Å². The van der Waals surface area contributed by atoms with Gasteiger partial charge in [-0.3, -0.25) is 4.99 Å². The van der Waals surface area contributed by atoms with Gasteiger partial charge < -0.3 is 5.32 Å². The molecule has 1 heterocycles. The summed E-state index contributed by atoms with van der Waals surface area (Å²) in [5, 5.41) is 2.93. The van der Waals surface area contributed by atoms with E-state index in [0.717, 1.165) is 13.1 Å². The van der Waals surface area contributed by atoms with Gasteiger partial charge in [0.15, 0.2) is 0 Å². The Balaban J connectivity index is 0.000000280. The van der Waals surface area contributed by atoms with Gasteiger partial charge in [0.1, 0.15) is 0 Å². The maximum absolute atomic E-state index is 3.85. The standard InChI is InChI=1S/C9H18.C3H6N2/c1-3-5-7-9-8-6-4-2;1-2-5-3-4-1/h3H,1,4-9H2,2H3;3H,1-2H2,(H,4,5). The highest BCUT2D eigenvalue weighted by Crippen LogP contribution is 2.04. The third-order valence-electron chi connectivity index (χ3n) is 2.08. The summed E-state index contributed by atoms with van der Waals surface area (Å²) < 4.78 is 0. The second kappa shape index (κ2) is 12.2. The van der Waals surface area contributed by atoms with Gasteiger partial charge in [0.05, 0.1) is 12.9 Å². The van der Waals surface area contributed by atoms with Crippen molar-refractivity contribution in [2.45, 2.75) is 45.4 Å². The average Bonchev–Trinajstić information content (AvgIpc) is 2.76. The van der Waals surface area contributed by atoms with Crippen molar-refractivity contribution < 1.29 is 0 Å². The fourth-order valence-electron chi connectivity index (χ4n) is 1.21. The van der Waals surface area contributed by atoms with Gasteiger partial charge in [-0.25, -0.2) is 0 Å². The number of hydrogen-bond donors (Lipinski definition) is 1. The maximum atomic E-state index is 3.85. The normalized spacial score (nSPS) is 12.9. The van der Waals surface area contributed by atoms with E-state index in [4.69, 9.17) is 0 Å². The Morgan fingerprint density at radius 3 is 2.57 bits per heavy atom. The highest BCUT2D eigenvalue weighted by Gasteiger charge is 1.84. The topological polar surface area (TPSA) is 24.4 Å². The van der Waals surface area contributed by atoms with Gasteiger partial charge in [-0.15, -0.1) is 6.58 Å². The number of nitrogens with zero attached hydrogens (tertiary/aromatic N) is 1. The lowest BCUT2D eigenvalue weighted by molar-refractivity contribution is 0.638. The zero-order valence-corrected chi connectivity index (χ0v) is 9.47. The molecule has 0 saturated heterocycles. The SMILES string of the molecule is C1=NCCN1.C=CCCCCCCC. The maximum Gasteiger partial charge on any atom is 0.0825 e. The lowest BCUT2D eigenvalue weighted by Gasteiger charge is -1.94. The zero-order chi connectivity index (χ0) is 10.5. The van der Waals surface area contributed by atoms with Crippen LogP contribution in [0.1, 0.15) is 45.4 Å². The van der Waals surface area contributed by atoms with Crippen molar-refractivity contribution in [3.05, 3.63) is 12.7 Å². The van der Waals surface area contributed by atoms with Gasteiger partial charge in [-0.2, -0.15) is 0 Å². The smallest absolute Gasteiger partial charge is 0.0825 e. The summed E-state index contributed by atoms with van der Waals surface area (Å²) in [5.41, 5.74) is 0. The van der Waals surface area contributed by atoms with E-state index < -0.39 is 0 Å². The van der Waals surface area contributed by atoms with Crippen molar-refractivity contribution in [2.75, 3.05) is 13.1 Å². The lowest BCUT2D eigenvalue weighted by Crippen LogP contribution is -2.04. The number of aliphatic imine (C=N–C) groups is 1. The van der Waals surface area contributed by atoms with Crippen molar-refractivity contribution in [1.29, 1.82) is 0 Å². The number of hydrogen-bond acceptors (Lipinski definition) is 2. The van der Waals surface area contributed by atoms with Crippen LogP contribution in [0.5, 0.6) is 0 Å². The summed E-state index contributed by atoms with van der Waals surface area (Å²) in [6.07, 6.45) is 11.8. The van der Waals surface area contributed by atoms with Crippen LogP contribution in [0.25, 0.3) is 0 Å². The minimum atomic E-state index is 0.958. The molecule has 0 aromatic heterocycles. The quantitative estimate of drug-likeness (QED) is 0.512. The Bertz CT molecular complexity index is 135. The van der Waals surface area contributed by atoms with Crippen LogP contribution < -0.4 is 5.32 Å². The molecule has 82 valence electrons. The van der Waals surface area contributed by atoms with E-state index in [-0.39, 0.29) is 0 Å². The van der Waals surface area contributed by atoms with Gasteiger partial charge >= 0.3 is 0 Å². The van der Waals surface area contributed by atoms with Crippen LogP contribution in [0.15, 0.2) is 17.6 Å². The third-order valence-corrected chi connectivity index (χ3v) is 2.08. The molecular weight excluding hydrogens is 172 g/mol. The molecule has 0 radical (unpaired) electrons. The van der Waals surface area contributed by atoms with Gasteiger partial charge in [0.2, 0.25) is 0 Å². The van der Waals surface area contributed by atoms with Crippen molar-refractivity contribution in [1.82, 2.24) is 5.32 Å². The second-order valence-electron chi connectivity index (χ2n) is 3.48. The van der Waals surface area contributed by atoms with E-state index >= 15 is 0 Å². The number of rotatable bonds is 6. The first kappa shape index (κ1) is 13.2. The van der Waals surface area contributed by atoms with Crippen LogP contribution in [0.3, 0.4) is 0 Å². The zero-order valence-electron chi connectivity index (χ0n) is 9.47. The van der Waals surface area contributed by atoms with E-state index in [9.17, 15) is 0 Å². The molecule has 0 atom stereocenters. The molecule has 0 aromatic carbocycles. The van der Waals surface area contributed by atoms with E-state index in [1.807, 2.05) is 6.08 Å². The molecule has 1 aliphatic rings. The molecule has 0 aliphatic carbocycles. The van der Waals surface area contributed by atoms with Crippen LogP contribution in [-0.4, -0.2) is 19.4 Å². The van der Waals surface area contributed by atoms with Crippen LogP contribution >= 0.6 is 0 Å². The number of unbranched alkanes of at least 4 members (excludes halogenated alkanes) is 5. The number of allylic oxidation sites excluding steroid dienone is 1. The molecule has 0 aromatic rings. The van der Waals surface area contributed by atoms with E-state index in [2.05, 4.69) is 23.8 Å². The van der Waals surface area contributed by atoms with Gasteiger partial charge in [-0.05, 0) is 12.8 Å². The van der Waals surface area contributed by atoms with Crippen LogP contribution in [0.2, 0.25) is 0 Å². The molecular formula is C12H24N2. The van der Waals surface area contributed by atoms with E-state index in [1.165, 1.54) is 38.5 Å². The Morgan fingerprint density at radius 1 is 1.36 bits per heavy atom. The van der Waals surface area contributed by atoms with Gasteiger partial charge in [0, 0.05) is 6.54 Å². The Hall–Kier alpha value is -0.790. The fraction of sp³-hybridized carbons (Fsp3) is 0.750. The molecule has 0 saturated carbocycles. The molecule has 1 rings (SSSR count). The molecule has 1 aliphatic heterocycles. The summed E-state index contributed by atoms with van der Waals surface area (Å²) in [5.74, 6) is 0. The average molecular weight is 196 g/mol. The molecule has 1 N–H and O–H groups in total. The number of nitrogens with one attached hydrogen (secondary N) is 1. The Kier molecular flexibility index (Phi) is 11.5. The van der Waals surface area contributed by atoms with Crippen molar-refractivity contribution in [2.24, 2.45) is 4.99 Å². The summed E-state index contributed by atoms with van der Waals surface area (Å²) in [6.45, 7) is 7.91. The molecule has 0 fully saturated rings. The largest absolute Gasteiger partial charge is 0.375 e. The molecule has 14 heavy (non-hydrogen) atoms. The van der Waals surface area contributed by atoms with Crippen molar-refractivity contribution in [3.8, 4) is 0 Å². The van der Waals surface area contributed by atoms with Crippen molar-refractivity contribution in [3.63, 3.8) is 0 Å². The summed E-state index contributed by atoms with van der Waals surface area (Å²) >= 11 is 0. The Morgan fingerprint density at radius 2 is 2.14 bits per heavy atom. The molecule has 0 bridgehead atoms. The van der Waals surface area contributed by atoms with Gasteiger partial charge in [0.25, 0.3) is 0 Å². The molecule has 2 nitrogen and oxygen atoms in total. The lowest BCUT2D eigenvalue weighted by atomic mass is 10.1. The molecule has 2 heteroatoms. The van der Waals surface area contributed by atoms with Gasteiger partial charge in [-0.1, -0.05) is 38.7 Å². The molecule has 0 unspecified atom stereocenters.